The highest BCUT2D eigenvalue weighted by molar-refractivity contribution is 5.60. The second-order valence-corrected chi connectivity index (χ2v) is 4.66. The quantitative estimate of drug-likeness (QED) is 0.851. The Bertz CT molecular complexity index is 378. The van der Waals surface area contributed by atoms with Gasteiger partial charge in [0.1, 0.15) is 5.82 Å². The van der Waals surface area contributed by atoms with Crippen molar-refractivity contribution in [1.29, 1.82) is 0 Å². The standard InChI is InChI=1S/C13H18FNO/c1-9(2)15-8-10(5-6-16)12-7-11(14)3-4-13(12)15/h3-4,7,9-10,16H,5-6,8H2,1-2H3. The molecule has 1 atom stereocenters. The second kappa shape index (κ2) is 4.42. The van der Waals surface area contributed by atoms with Crippen molar-refractivity contribution in [2.24, 2.45) is 0 Å². The maximum atomic E-state index is 13.2. The number of hydrogen-bond donors (Lipinski definition) is 1. The molecule has 88 valence electrons. The van der Waals surface area contributed by atoms with Gasteiger partial charge in [-0.1, -0.05) is 0 Å². The van der Waals surface area contributed by atoms with Gasteiger partial charge >= 0.3 is 0 Å². The van der Waals surface area contributed by atoms with E-state index in [-0.39, 0.29) is 18.3 Å². The van der Waals surface area contributed by atoms with Gasteiger partial charge in [0, 0.05) is 30.8 Å². The maximum absolute atomic E-state index is 13.2. The average Bonchev–Trinajstić information content (AvgIpc) is 2.58. The minimum absolute atomic E-state index is 0.159. The van der Waals surface area contributed by atoms with Crippen LogP contribution in [-0.2, 0) is 0 Å². The zero-order valence-electron chi connectivity index (χ0n) is 9.78. The van der Waals surface area contributed by atoms with Gasteiger partial charge in [-0.3, -0.25) is 0 Å². The first kappa shape index (κ1) is 11.4. The van der Waals surface area contributed by atoms with Crippen LogP contribution >= 0.6 is 0 Å². The van der Waals surface area contributed by atoms with E-state index >= 15 is 0 Å². The number of hydrogen-bond acceptors (Lipinski definition) is 2. The normalized spacial score (nSPS) is 19.3. The van der Waals surface area contributed by atoms with E-state index in [0.717, 1.165) is 17.8 Å². The van der Waals surface area contributed by atoms with Gasteiger partial charge in [0.05, 0.1) is 0 Å². The summed E-state index contributed by atoms with van der Waals surface area (Å²) in [5, 5.41) is 9.03. The summed E-state index contributed by atoms with van der Waals surface area (Å²) in [6, 6.07) is 5.38. The van der Waals surface area contributed by atoms with E-state index in [4.69, 9.17) is 5.11 Å². The Kier molecular flexibility index (Phi) is 3.15. The molecule has 0 saturated heterocycles. The van der Waals surface area contributed by atoms with Crippen molar-refractivity contribution in [3.8, 4) is 0 Å². The van der Waals surface area contributed by atoms with Gasteiger partial charge in [-0.15, -0.1) is 0 Å². The van der Waals surface area contributed by atoms with Crippen molar-refractivity contribution in [2.45, 2.75) is 32.2 Å². The Hall–Kier alpha value is -1.09. The fraction of sp³-hybridized carbons (Fsp3) is 0.538. The van der Waals surface area contributed by atoms with E-state index in [1.165, 1.54) is 6.07 Å². The Balaban J connectivity index is 2.36. The molecule has 1 aliphatic rings. The number of rotatable bonds is 3. The van der Waals surface area contributed by atoms with Crippen LogP contribution in [0.2, 0.25) is 0 Å². The number of anilines is 1. The van der Waals surface area contributed by atoms with Crippen LogP contribution in [0.4, 0.5) is 10.1 Å². The van der Waals surface area contributed by atoms with Crippen molar-refractivity contribution in [3.63, 3.8) is 0 Å². The lowest BCUT2D eigenvalue weighted by molar-refractivity contribution is 0.277. The molecule has 2 rings (SSSR count). The summed E-state index contributed by atoms with van der Waals surface area (Å²) in [6.45, 7) is 5.31. The smallest absolute Gasteiger partial charge is 0.123 e. The molecule has 0 bridgehead atoms. The summed E-state index contributed by atoms with van der Waals surface area (Å²) in [5.74, 6) is 0.0744. The molecule has 0 fully saturated rings. The van der Waals surface area contributed by atoms with Gasteiger partial charge in [0.15, 0.2) is 0 Å². The molecular weight excluding hydrogens is 205 g/mol. The van der Waals surface area contributed by atoms with Crippen molar-refractivity contribution in [2.75, 3.05) is 18.1 Å². The van der Waals surface area contributed by atoms with E-state index < -0.39 is 0 Å². The summed E-state index contributed by atoms with van der Waals surface area (Å²) in [6.07, 6.45) is 0.708. The Morgan fingerprint density at radius 1 is 1.50 bits per heavy atom. The number of aliphatic hydroxyl groups is 1. The minimum Gasteiger partial charge on any atom is -0.396 e. The molecule has 0 amide bonds. The van der Waals surface area contributed by atoms with Crippen LogP contribution in [0.1, 0.15) is 31.7 Å². The molecule has 1 heterocycles. The molecule has 1 aromatic rings. The summed E-state index contributed by atoms with van der Waals surface area (Å²) >= 11 is 0. The van der Waals surface area contributed by atoms with Gasteiger partial charge < -0.3 is 10.0 Å². The third-order valence-corrected chi connectivity index (χ3v) is 3.26. The first-order valence-electron chi connectivity index (χ1n) is 5.80. The highest BCUT2D eigenvalue weighted by Gasteiger charge is 2.29. The first-order chi connectivity index (χ1) is 7.63. The molecule has 0 aliphatic carbocycles. The first-order valence-corrected chi connectivity index (χ1v) is 5.80. The molecule has 0 spiro atoms. The molecule has 3 heteroatoms. The van der Waals surface area contributed by atoms with Gasteiger partial charge in [0.25, 0.3) is 0 Å². The zero-order valence-corrected chi connectivity index (χ0v) is 9.78. The average molecular weight is 223 g/mol. The van der Waals surface area contributed by atoms with Gasteiger partial charge in [0.2, 0.25) is 0 Å². The molecule has 0 aromatic heterocycles. The third kappa shape index (κ3) is 1.92. The summed E-state index contributed by atoms with van der Waals surface area (Å²) in [5.41, 5.74) is 2.16. The molecule has 16 heavy (non-hydrogen) atoms. The monoisotopic (exact) mass is 223 g/mol. The van der Waals surface area contributed by atoms with E-state index in [1.807, 2.05) is 6.07 Å². The van der Waals surface area contributed by atoms with Crippen LogP contribution in [-0.4, -0.2) is 24.3 Å². The fourth-order valence-corrected chi connectivity index (χ4v) is 2.44. The largest absolute Gasteiger partial charge is 0.396 e. The van der Waals surface area contributed by atoms with Crippen LogP contribution in [0.5, 0.6) is 0 Å². The lowest BCUT2D eigenvalue weighted by atomic mass is 9.98. The van der Waals surface area contributed by atoms with Gasteiger partial charge in [-0.05, 0) is 44.0 Å². The topological polar surface area (TPSA) is 23.5 Å². The van der Waals surface area contributed by atoms with Crippen LogP contribution in [0, 0.1) is 5.82 Å². The highest BCUT2D eigenvalue weighted by atomic mass is 19.1. The fourth-order valence-electron chi connectivity index (χ4n) is 2.44. The van der Waals surface area contributed by atoms with Crippen molar-refractivity contribution in [3.05, 3.63) is 29.6 Å². The number of benzene rings is 1. The van der Waals surface area contributed by atoms with E-state index in [1.54, 1.807) is 6.07 Å². The second-order valence-electron chi connectivity index (χ2n) is 4.66. The van der Waals surface area contributed by atoms with Crippen molar-refractivity contribution in [1.82, 2.24) is 0 Å². The molecule has 1 aliphatic heterocycles. The molecule has 1 aromatic carbocycles. The molecule has 1 unspecified atom stereocenters. The SMILES string of the molecule is CC(C)N1CC(CCO)c2cc(F)ccc21. The third-order valence-electron chi connectivity index (χ3n) is 3.26. The Labute approximate surface area is 95.7 Å². The lowest BCUT2D eigenvalue weighted by Gasteiger charge is -2.24. The summed E-state index contributed by atoms with van der Waals surface area (Å²) in [7, 11) is 0. The molecule has 0 saturated carbocycles. The Morgan fingerprint density at radius 2 is 2.25 bits per heavy atom. The summed E-state index contributed by atoms with van der Waals surface area (Å²) < 4.78 is 13.2. The van der Waals surface area contributed by atoms with Gasteiger partial charge in [-0.2, -0.15) is 0 Å². The van der Waals surface area contributed by atoms with Crippen LogP contribution in [0.15, 0.2) is 18.2 Å². The molecule has 0 radical (unpaired) electrons. The highest BCUT2D eigenvalue weighted by Crippen LogP contribution is 2.39. The Morgan fingerprint density at radius 3 is 2.88 bits per heavy atom. The van der Waals surface area contributed by atoms with Crippen LogP contribution in [0.25, 0.3) is 0 Å². The maximum Gasteiger partial charge on any atom is 0.123 e. The van der Waals surface area contributed by atoms with Gasteiger partial charge in [-0.25, -0.2) is 4.39 Å². The van der Waals surface area contributed by atoms with Crippen molar-refractivity contribution < 1.29 is 9.50 Å². The molecule has 1 N–H and O–H groups in total. The molecule has 2 nitrogen and oxygen atoms in total. The summed E-state index contributed by atoms with van der Waals surface area (Å²) in [4.78, 5) is 2.27. The van der Waals surface area contributed by atoms with E-state index in [0.29, 0.717) is 12.5 Å². The minimum atomic E-state index is -0.188. The van der Waals surface area contributed by atoms with Crippen LogP contribution < -0.4 is 4.90 Å². The number of nitrogens with zero attached hydrogens (tertiary/aromatic N) is 1. The predicted octanol–water partition coefficient (Wildman–Crippen LogP) is 2.52. The number of aliphatic hydroxyl groups excluding tert-OH is 1. The van der Waals surface area contributed by atoms with E-state index in [9.17, 15) is 4.39 Å². The number of fused-ring (bicyclic) bond motifs is 1. The molecular formula is C13H18FNO. The van der Waals surface area contributed by atoms with Crippen LogP contribution in [0.3, 0.4) is 0 Å². The lowest BCUT2D eigenvalue weighted by Crippen LogP contribution is -2.29. The van der Waals surface area contributed by atoms with E-state index in [2.05, 4.69) is 18.7 Å². The number of halogens is 1. The zero-order chi connectivity index (χ0) is 11.7. The van der Waals surface area contributed by atoms with Crippen molar-refractivity contribution >= 4 is 5.69 Å². The predicted molar refractivity (Wildman–Crippen MR) is 63.3 cm³/mol.